The Morgan fingerprint density at radius 3 is 2.26 bits per heavy atom. The van der Waals surface area contributed by atoms with Gasteiger partial charge in [0, 0.05) is 21.1 Å². The van der Waals surface area contributed by atoms with Crippen molar-refractivity contribution in [3.63, 3.8) is 0 Å². The Hall–Kier alpha value is -2.18. The highest BCUT2D eigenvalue weighted by molar-refractivity contribution is 5.91. The van der Waals surface area contributed by atoms with E-state index in [1.54, 1.807) is 34.1 Å². The van der Waals surface area contributed by atoms with E-state index in [-0.39, 0.29) is 11.6 Å². The van der Waals surface area contributed by atoms with Gasteiger partial charge >= 0.3 is 5.97 Å². The van der Waals surface area contributed by atoms with E-state index in [4.69, 9.17) is 5.11 Å². The molecule has 0 bridgehead atoms. The van der Waals surface area contributed by atoms with Crippen LogP contribution in [0.5, 0.6) is 0 Å². The number of aromatic nitrogens is 2. The van der Waals surface area contributed by atoms with Gasteiger partial charge in [0.15, 0.2) is 11.5 Å². The number of carbonyl (C=O) groups excluding carboxylic acids is 1. The lowest BCUT2D eigenvalue weighted by Crippen LogP contribution is -2.38. The van der Waals surface area contributed by atoms with Crippen molar-refractivity contribution in [2.75, 3.05) is 26.0 Å². The minimum atomic E-state index is -0.916. The normalized spacial score (nSPS) is 11.8. The lowest BCUT2D eigenvalue weighted by atomic mass is 10.2. The van der Waals surface area contributed by atoms with E-state index in [2.05, 4.69) is 10.2 Å². The molecule has 0 fully saturated rings. The fraction of sp³-hybridized carbons (Fsp3) is 0.500. The Kier molecular flexibility index (Phi) is 4.80. The lowest BCUT2D eigenvalue weighted by molar-refractivity contribution is -0.138. The summed E-state index contributed by atoms with van der Waals surface area (Å²) in [5.74, 6) is -0.739. The van der Waals surface area contributed by atoms with Crippen LogP contribution in [0.1, 0.15) is 23.8 Å². The van der Waals surface area contributed by atoms with Crippen molar-refractivity contribution in [3.05, 3.63) is 17.8 Å². The number of carboxylic acids is 1. The van der Waals surface area contributed by atoms with E-state index >= 15 is 0 Å². The van der Waals surface area contributed by atoms with Gasteiger partial charge in [-0.2, -0.15) is 0 Å². The Morgan fingerprint density at radius 2 is 1.89 bits per heavy atom. The summed E-state index contributed by atoms with van der Waals surface area (Å²) in [5, 5.41) is 16.8. The van der Waals surface area contributed by atoms with Gasteiger partial charge in [0.1, 0.15) is 6.04 Å². The molecule has 19 heavy (non-hydrogen) atoms. The number of anilines is 1. The van der Waals surface area contributed by atoms with Gasteiger partial charge in [-0.05, 0) is 18.6 Å². The smallest absolute Gasteiger partial charge is 0.326 e. The van der Waals surface area contributed by atoms with Crippen LogP contribution in [-0.2, 0) is 4.79 Å². The molecule has 0 aromatic carbocycles. The molecule has 1 heterocycles. The molecule has 1 N–H and O–H groups in total. The first-order chi connectivity index (χ1) is 8.88. The average Bonchev–Trinajstić information content (AvgIpc) is 2.38. The van der Waals surface area contributed by atoms with Crippen molar-refractivity contribution in [2.24, 2.45) is 0 Å². The van der Waals surface area contributed by atoms with Gasteiger partial charge < -0.3 is 14.9 Å². The number of rotatable bonds is 5. The summed E-state index contributed by atoms with van der Waals surface area (Å²) in [6.07, 6.45) is 0.450. The van der Waals surface area contributed by atoms with Gasteiger partial charge in [0.25, 0.3) is 5.91 Å². The van der Waals surface area contributed by atoms with Crippen LogP contribution in [0.15, 0.2) is 12.1 Å². The van der Waals surface area contributed by atoms with Gasteiger partial charge in [0.2, 0.25) is 0 Å². The van der Waals surface area contributed by atoms with E-state index in [0.717, 1.165) is 0 Å². The van der Waals surface area contributed by atoms with Crippen LogP contribution in [0.2, 0.25) is 0 Å². The summed E-state index contributed by atoms with van der Waals surface area (Å²) in [5.41, 5.74) is 0.227. The van der Waals surface area contributed by atoms with E-state index < -0.39 is 12.0 Å². The molecule has 0 aliphatic carbocycles. The molecule has 1 unspecified atom stereocenters. The molecule has 104 valence electrons. The maximum Gasteiger partial charge on any atom is 0.326 e. The van der Waals surface area contributed by atoms with Gasteiger partial charge in [-0.25, -0.2) is 4.79 Å². The monoisotopic (exact) mass is 266 g/mol. The van der Waals surface area contributed by atoms with Gasteiger partial charge in [-0.1, -0.05) is 6.92 Å². The molecule has 0 aliphatic heterocycles. The molecule has 0 saturated heterocycles. The van der Waals surface area contributed by atoms with Crippen LogP contribution in [0.25, 0.3) is 0 Å². The first-order valence-corrected chi connectivity index (χ1v) is 5.89. The molecule has 1 atom stereocenters. The molecule has 0 saturated carbocycles. The Morgan fingerprint density at radius 1 is 1.26 bits per heavy atom. The third kappa shape index (κ3) is 3.40. The highest BCUT2D eigenvalue weighted by Crippen LogP contribution is 2.13. The predicted octanol–water partition coefficient (Wildman–Crippen LogP) is 0.478. The molecule has 1 aromatic heterocycles. The van der Waals surface area contributed by atoms with Gasteiger partial charge in [0.05, 0.1) is 0 Å². The van der Waals surface area contributed by atoms with E-state index in [9.17, 15) is 9.59 Å². The standard InChI is InChI=1S/C12H18N4O3/c1-5-9(12(18)19)16(4)10-7-6-8(13-14-10)11(17)15(2)3/h6-7,9H,5H2,1-4H3,(H,18,19). The number of nitrogens with zero attached hydrogens (tertiary/aromatic N) is 4. The second-order valence-electron chi connectivity index (χ2n) is 4.35. The highest BCUT2D eigenvalue weighted by atomic mass is 16.4. The number of amides is 1. The molecule has 1 rings (SSSR count). The zero-order valence-corrected chi connectivity index (χ0v) is 11.5. The van der Waals surface area contributed by atoms with Crippen LogP contribution in [0.3, 0.4) is 0 Å². The first-order valence-electron chi connectivity index (χ1n) is 5.89. The average molecular weight is 266 g/mol. The molecule has 7 nitrogen and oxygen atoms in total. The molecule has 0 aliphatic rings. The number of hydrogen-bond donors (Lipinski definition) is 1. The van der Waals surface area contributed by atoms with Crippen molar-refractivity contribution >= 4 is 17.7 Å². The highest BCUT2D eigenvalue weighted by Gasteiger charge is 2.22. The molecule has 7 heteroatoms. The van der Waals surface area contributed by atoms with Crippen molar-refractivity contribution in [1.82, 2.24) is 15.1 Å². The van der Waals surface area contributed by atoms with Crippen molar-refractivity contribution in [2.45, 2.75) is 19.4 Å². The number of likely N-dealkylation sites (N-methyl/N-ethyl adjacent to an activating group) is 1. The van der Waals surface area contributed by atoms with Gasteiger partial charge in [-0.15, -0.1) is 10.2 Å². The molecule has 0 spiro atoms. The lowest BCUT2D eigenvalue weighted by Gasteiger charge is -2.24. The van der Waals surface area contributed by atoms with Crippen LogP contribution >= 0.6 is 0 Å². The first kappa shape index (κ1) is 14.9. The molecular weight excluding hydrogens is 248 g/mol. The van der Waals surface area contributed by atoms with Crippen molar-refractivity contribution < 1.29 is 14.7 Å². The summed E-state index contributed by atoms with van der Waals surface area (Å²) in [4.78, 5) is 25.6. The third-order valence-electron chi connectivity index (χ3n) is 2.78. The molecular formula is C12H18N4O3. The Bertz CT molecular complexity index is 459. The Balaban J connectivity index is 2.92. The van der Waals surface area contributed by atoms with Crippen LogP contribution < -0.4 is 4.90 Å². The predicted molar refractivity (Wildman–Crippen MR) is 70.2 cm³/mol. The molecule has 0 radical (unpaired) electrons. The molecule has 1 aromatic rings. The second-order valence-corrected chi connectivity index (χ2v) is 4.35. The van der Waals surface area contributed by atoms with E-state index in [1.165, 1.54) is 15.9 Å². The summed E-state index contributed by atoms with van der Waals surface area (Å²) in [7, 11) is 4.89. The fourth-order valence-electron chi connectivity index (χ4n) is 1.63. The summed E-state index contributed by atoms with van der Waals surface area (Å²) in [6, 6.07) is 2.47. The third-order valence-corrected chi connectivity index (χ3v) is 2.78. The van der Waals surface area contributed by atoms with Gasteiger partial charge in [-0.3, -0.25) is 4.79 Å². The minimum Gasteiger partial charge on any atom is -0.480 e. The Labute approximate surface area is 111 Å². The van der Waals surface area contributed by atoms with Crippen LogP contribution in [0.4, 0.5) is 5.82 Å². The second kappa shape index (κ2) is 6.12. The van der Waals surface area contributed by atoms with Crippen molar-refractivity contribution in [3.8, 4) is 0 Å². The minimum absolute atomic E-state index is 0.227. The molecule has 1 amide bonds. The maximum absolute atomic E-state index is 11.6. The van der Waals surface area contributed by atoms with E-state index in [1.807, 2.05) is 0 Å². The number of aliphatic carboxylic acids is 1. The number of carbonyl (C=O) groups is 2. The number of carboxylic acid groups (broad SMARTS) is 1. The SMILES string of the molecule is CCC(C(=O)O)N(C)c1ccc(C(=O)N(C)C)nn1. The van der Waals surface area contributed by atoms with Crippen LogP contribution in [0, 0.1) is 0 Å². The summed E-state index contributed by atoms with van der Waals surface area (Å²) in [6.45, 7) is 1.78. The van der Waals surface area contributed by atoms with Crippen molar-refractivity contribution in [1.29, 1.82) is 0 Å². The van der Waals surface area contributed by atoms with Crippen LogP contribution in [-0.4, -0.2) is 59.3 Å². The summed E-state index contributed by atoms with van der Waals surface area (Å²) >= 11 is 0. The zero-order valence-electron chi connectivity index (χ0n) is 11.5. The number of hydrogen-bond acceptors (Lipinski definition) is 5. The van der Waals surface area contributed by atoms with E-state index in [0.29, 0.717) is 12.2 Å². The maximum atomic E-state index is 11.6. The topological polar surface area (TPSA) is 86.6 Å². The fourth-order valence-corrected chi connectivity index (χ4v) is 1.63. The largest absolute Gasteiger partial charge is 0.480 e. The quantitative estimate of drug-likeness (QED) is 0.834. The summed E-state index contributed by atoms with van der Waals surface area (Å²) < 4.78 is 0. The zero-order chi connectivity index (χ0) is 14.6.